The number of benzene rings is 2. The Balaban J connectivity index is 1.94. The molecule has 0 fully saturated rings. The Morgan fingerprint density at radius 1 is 1.12 bits per heavy atom. The fraction of sp³-hybridized carbons (Fsp3) is 0.308. The molecule has 32 heavy (non-hydrogen) atoms. The number of carbonyl (C=O) groups excluding carboxylic acids is 2. The largest absolute Gasteiger partial charge is 0.503 e. The molecule has 168 valence electrons. The zero-order chi connectivity index (χ0) is 23.1. The molecule has 1 N–H and O–H groups in total. The van der Waals surface area contributed by atoms with Crippen LogP contribution in [-0.4, -0.2) is 48.1 Å². The average molecular weight is 436 g/mol. The van der Waals surface area contributed by atoms with Crippen LogP contribution >= 0.6 is 0 Å². The fourth-order valence-electron chi connectivity index (χ4n) is 3.73. The van der Waals surface area contributed by atoms with Crippen molar-refractivity contribution in [3.8, 4) is 5.75 Å². The predicted molar refractivity (Wildman–Crippen MR) is 123 cm³/mol. The number of methoxy groups -OCH3 is 1. The molecule has 1 atom stereocenters. The number of ketones is 1. The summed E-state index contributed by atoms with van der Waals surface area (Å²) in [4.78, 5) is 27.7. The lowest BCUT2D eigenvalue weighted by Gasteiger charge is -2.27. The normalized spacial score (nSPS) is 16.4. The smallest absolute Gasteiger partial charge is 0.290 e. The lowest BCUT2D eigenvalue weighted by Crippen LogP contribution is -2.33. The summed E-state index contributed by atoms with van der Waals surface area (Å²) in [5.74, 6) is -0.965. The molecular formula is C26H29NO5. The summed E-state index contributed by atoms with van der Waals surface area (Å²) in [5.41, 5.74) is 1.55. The third kappa shape index (κ3) is 5.26. The number of hydrogen-bond donors (Lipinski definition) is 1. The highest BCUT2D eigenvalue weighted by Crippen LogP contribution is 2.41. The summed E-state index contributed by atoms with van der Waals surface area (Å²) >= 11 is 0. The Morgan fingerprint density at radius 3 is 2.50 bits per heavy atom. The van der Waals surface area contributed by atoms with E-state index in [0.29, 0.717) is 30.9 Å². The Hall–Kier alpha value is -3.38. The number of ether oxygens (including phenoxy) is 2. The van der Waals surface area contributed by atoms with Crippen LogP contribution in [0.5, 0.6) is 5.75 Å². The molecule has 0 radical (unpaired) electrons. The number of nitrogens with zero attached hydrogens (tertiary/aromatic N) is 1. The van der Waals surface area contributed by atoms with E-state index in [1.54, 1.807) is 18.2 Å². The summed E-state index contributed by atoms with van der Waals surface area (Å²) in [5, 5.41) is 10.7. The second-order valence-electron chi connectivity index (χ2n) is 7.79. The van der Waals surface area contributed by atoms with E-state index in [1.807, 2.05) is 56.3 Å². The van der Waals surface area contributed by atoms with Gasteiger partial charge in [-0.1, -0.05) is 54.6 Å². The van der Waals surface area contributed by atoms with E-state index in [4.69, 9.17) is 9.47 Å². The maximum Gasteiger partial charge on any atom is 0.290 e. The molecule has 1 aliphatic heterocycles. The maximum absolute atomic E-state index is 13.2. The summed E-state index contributed by atoms with van der Waals surface area (Å²) < 4.78 is 11.1. The van der Waals surface area contributed by atoms with Crippen molar-refractivity contribution in [1.82, 2.24) is 4.90 Å². The summed E-state index contributed by atoms with van der Waals surface area (Å²) in [6, 6.07) is 15.9. The van der Waals surface area contributed by atoms with Crippen molar-refractivity contribution in [2.24, 2.45) is 0 Å². The van der Waals surface area contributed by atoms with Crippen LogP contribution in [0.25, 0.3) is 6.08 Å². The van der Waals surface area contributed by atoms with Gasteiger partial charge in [-0.3, -0.25) is 9.59 Å². The number of carbonyl (C=O) groups is 2. The highest BCUT2D eigenvalue weighted by molar-refractivity contribution is 6.14. The SMILES string of the molecule is COc1ccccc1[C@@H]1C(C(=O)/C=C/c2ccccc2)=C(O)C(=O)N1CCCOC(C)C. The van der Waals surface area contributed by atoms with Crippen molar-refractivity contribution in [3.05, 3.63) is 83.1 Å². The van der Waals surface area contributed by atoms with Gasteiger partial charge in [0.2, 0.25) is 0 Å². The molecule has 0 spiro atoms. The van der Waals surface area contributed by atoms with Gasteiger partial charge in [-0.2, -0.15) is 0 Å². The Bertz CT molecular complexity index is 1010. The van der Waals surface area contributed by atoms with Gasteiger partial charge in [0.1, 0.15) is 5.75 Å². The lowest BCUT2D eigenvalue weighted by atomic mass is 9.94. The molecule has 6 nitrogen and oxygen atoms in total. The van der Waals surface area contributed by atoms with Gasteiger partial charge in [-0.05, 0) is 38.0 Å². The van der Waals surface area contributed by atoms with Gasteiger partial charge >= 0.3 is 0 Å². The molecule has 0 aliphatic carbocycles. The Labute approximate surface area is 188 Å². The van der Waals surface area contributed by atoms with E-state index in [0.717, 1.165) is 5.56 Å². The van der Waals surface area contributed by atoms with Gasteiger partial charge in [0.25, 0.3) is 5.91 Å². The minimum atomic E-state index is -0.745. The second-order valence-corrected chi connectivity index (χ2v) is 7.79. The predicted octanol–water partition coefficient (Wildman–Crippen LogP) is 4.49. The molecule has 1 heterocycles. The third-order valence-electron chi connectivity index (χ3n) is 5.22. The number of rotatable bonds is 10. The van der Waals surface area contributed by atoms with E-state index < -0.39 is 23.5 Å². The summed E-state index contributed by atoms with van der Waals surface area (Å²) in [6.45, 7) is 4.69. The summed E-state index contributed by atoms with van der Waals surface area (Å²) in [6.07, 6.45) is 3.72. The van der Waals surface area contributed by atoms with Crippen LogP contribution in [0.15, 0.2) is 72.0 Å². The van der Waals surface area contributed by atoms with Crippen LogP contribution in [0, 0.1) is 0 Å². The Morgan fingerprint density at radius 2 is 1.81 bits per heavy atom. The van der Waals surface area contributed by atoms with Crippen molar-refractivity contribution < 1.29 is 24.2 Å². The van der Waals surface area contributed by atoms with E-state index in [2.05, 4.69) is 0 Å². The number of aliphatic hydroxyl groups excluding tert-OH is 1. The molecule has 1 aliphatic rings. The van der Waals surface area contributed by atoms with Crippen LogP contribution in [0.3, 0.4) is 0 Å². The topological polar surface area (TPSA) is 76.1 Å². The standard InChI is InChI=1S/C26H29NO5/c1-18(2)32-17-9-16-27-24(20-12-7-8-13-22(20)31-3)23(25(29)26(27)30)21(28)15-14-19-10-5-4-6-11-19/h4-8,10-15,18,24,29H,9,16-17H2,1-3H3/b15-14+/t24-/m1/s1. The number of para-hydroxylation sites is 1. The van der Waals surface area contributed by atoms with Crippen LogP contribution < -0.4 is 4.74 Å². The number of amides is 1. The molecule has 0 saturated heterocycles. The van der Waals surface area contributed by atoms with Gasteiger partial charge in [-0.15, -0.1) is 0 Å². The zero-order valence-corrected chi connectivity index (χ0v) is 18.7. The minimum absolute atomic E-state index is 0.0523. The molecule has 0 saturated carbocycles. The van der Waals surface area contributed by atoms with Crippen LogP contribution in [0.2, 0.25) is 0 Å². The zero-order valence-electron chi connectivity index (χ0n) is 18.7. The molecule has 0 aromatic heterocycles. The highest BCUT2D eigenvalue weighted by atomic mass is 16.5. The van der Waals surface area contributed by atoms with E-state index in [9.17, 15) is 14.7 Å². The fourth-order valence-corrected chi connectivity index (χ4v) is 3.73. The number of allylic oxidation sites excluding steroid dienone is 1. The first-order valence-corrected chi connectivity index (χ1v) is 10.7. The minimum Gasteiger partial charge on any atom is -0.503 e. The molecule has 0 unspecified atom stereocenters. The van der Waals surface area contributed by atoms with Gasteiger partial charge in [0.05, 0.1) is 24.8 Å². The monoisotopic (exact) mass is 435 g/mol. The summed E-state index contributed by atoms with van der Waals surface area (Å²) in [7, 11) is 1.54. The van der Waals surface area contributed by atoms with Crippen molar-refractivity contribution in [1.29, 1.82) is 0 Å². The number of aliphatic hydroxyl groups is 1. The van der Waals surface area contributed by atoms with E-state index >= 15 is 0 Å². The van der Waals surface area contributed by atoms with Crippen molar-refractivity contribution in [2.75, 3.05) is 20.3 Å². The number of hydrogen-bond acceptors (Lipinski definition) is 5. The first kappa shape index (κ1) is 23.3. The highest BCUT2D eigenvalue weighted by Gasteiger charge is 2.43. The van der Waals surface area contributed by atoms with Crippen molar-refractivity contribution >= 4 is 17.8 Å². The molecule has 2 aromatic rings. The second kappa shape index (κ2) is 10.8. The van der Waals surface area contributed by atoms with Gasteiger partial charge in [0.15, 0.2) is 11.5 Å². The molecule has 1 amide bonds. The first-order chi connectivity index (χ1) is 15.4. The van der Waals surface area contributed by atoms with Crippen molar-refractivity contribution in [3.63, 3.8) is 0 Å². The van der Waals surface area contributed by atoms with Crippen molar-refractivity contribution in [2.45, 2.75) is 32.4 Å². The molecule has 6 heteroatoms. The Kier molecular flexibility index (Phi) is 7.84. The van der Waals surface area contributed by atoms with Crippen LogP contribution in [0.1, 0.15) is 37.4 Å². The molecule has 0 bridgehead atoms. The van der Waals surface area contributed by atoms with Crippen LogP contribution in [-0.2, 0) is 14.3 Å². The molecule has 2 aromatic carbocycles. The molecule has 3 rings (SSSR count). The first-order valence-electron chi connectivity index (χ1n) is 10.7. The van der Waals surface area contributed by atoms with Gasteiger partial charge in [0, 0.05) is 18.7 Å². The quantitative estimate of drug-likeness (QED) is 0.440. The van der Waals surface area contributed by atoms with Gasteiger partial charge < -0.3 is 19.5 Å². The van der Waals surface area contributed by atoms with Gasteiger partial charge in [-0.25, -0.2) is 0 Å². The molecular weight excluding hydrogens is 406 g/mol. The third-order valence-corrected chi connectivity index (χ3v) is 5.22. The average Bonchev–Trinajstić information content (AvgIpc) is 3.05. The van der Waals surface area contributed by atoms with E-state index in [-0.39, 0.29) is 11.7 Å². The lowest BCUT2D eigenvalue weighted by molar-refractivity contribution is -0.129. The van der Waals surface area contributed by atoms with E-state index in [1.165, 1.54) is 18.1 Å². The maximum atomic E-state index is 13.2. The van der Waals surface area contributed by atoms with Crippen LogP contribution in [0.4, 0.5) is 0 Å².